The van der Waals surface area contributed by atoms with Crippen molar-refractivity contribution >= 4 is 27.9 Å². The number of rotatable bonds is 4. The van der Waals surface area contributed by atoms with E-state index < -0.39 is 0 Å². The molecule has 1 fully saturated rings. The Kier molecular flexibility index (Phi) is 4.19. The molecule has 0 unspecified atom stereocenters. The smallest absolute Gasteiger partial charge is 0.244 e. The number of nitrogens with one attached hydrogen (secondary N) is 1. The minimum atomic E-state index is -0.380. The van der Waals surface area contributed by atoms with E-state index in [0.717, 1.165) is 29.3 Å². The van der Waals surface area contributed by atoms with E-state index in [1.165, 1.54) is 6.08 Å². The van der Waals surface area contributed by atoms with Gasteiger partial charge in [-0.05, 0) is 37.0 Å². The zero-order valence-electron chi connectivity index (χ0n) is 10.0. The molecule has 1 aromatic rings. The van der Waals surface area contributed by atoms with Crippen LogP contribution in [0.3, 0.4) is 0 Å². The molecule has 0 atom stereocenters. The SMILES string of the molecule is O=C(/C=C/c1ccccc1Br)NC1(CO)CCC1. The molecule has 1 aliphatic rings. The van der Waals surface area contributed by atoms with Crippen LogP contribution in [0.25, 0.3) is 6.08 Å². The molecular weight excluding hydrogens is 294 g/mol. The number of hydrogen-bond donors (Lipinski definition) is 2. The van der Waals surface area contributed by atoms with Crippen LogP contribution in [-0.2, 0) is 4.79 Å². The van der Waals surface area contributed by atoms with Crippen LogP contribution in [-0.4, -0.2) is 23.2 Å². The lowest BCUT2D eigenvalue weighted by Gasteiger charge is -2.40. The van der Waals surface area contributed by atoms with Gasteiger partial charge in [0.2, 0.25) is 5.91 Å². The maximum atomic E-state index is 11.8. The molecule has 1 saturated carbocycles. The molecule has 1 amide bonds. The monoisotopic (exact) mass is 309 g/mol. The van der Waals surface area contributed by atoms with E-state index in [-0.39, 0.29) is 18.1 Å². The lowest BCUT2D eigenvalue weighted by molar-refractivity contribution is -0.120. The first kappa shape index (κ1) is 13.3. The summed E-state index contributed by atoms with van der Waals surface area (Å²) in [5, 5.41) is 12.1. The molecule has 0 bridgehead atoms. The molecule has 96 valence electrons. The largest absolute Gasteiger partial charge is 0.394 e. The molecule has 2 rings (SSSR count). The van der Waals surface area contributed by atoms with Crippen LogP contribution >= 0.6 is 15.9 Å². The highest BCUT2D eigenvalue weighted by molar-refractivity contribution is 9.10. The fourth-order valence-corrected chi connectivity index (χ4v) is 2.42. The van der Waals surface area contributed by atoms with E-state index in [2.05, 4.69) is 21.2 Å². The second-order valence-electron chi connectivity index (χ2n) is 4.64. The molecular formula is C14H16BrNO2. The predicted molar refractivity (Wildman–Crippen MR) is 75.0 cm³/mol. The zero-order chi connectivity index (χ0) is 13.0. The van der Waals surface area contributed by atoms with Gasteiger partial charge in [0.1, 0.15) is 0 Å². The summed E-state index contributed by atoms with van der Waals surface area (Å²) < 4.78 is 0.953. The summed E-state index contributed by atoms with van der Waals surface area (Å²) in [7, 11) is 0. The van der Waals surface area contributed by atoms with Gasteiger partial charge in [-0.1, -0.05) is 34.1 Å². The van der Waals surface area contributed by atoms with Crippen molar-refractivity contribution in [2.24, 2.45) is 0 Å². The number of halogens is 1. The Morgan fingerprint density at radius 2 is 2.17 bits per heavy atom. The van der Waals surface area contributed by atoms with E-state index in [1.54, 1.807) is 6.08 Å². The van der Waals surface area contributed by atoms with Crippen LogP contribution in [0.4, 0.5) is 0 Å². The van der Waals surface area contributed by atoms with Gasteiger partial charge in [-0.3, -0.25) is 4.79 Å². The summed E-state index contributed by atoms with van der Waals surface area (Å²) in [6.45, 7) is 0.0155. The second kappa shape index (κ2) is 5.67. The standard InChI is InChI=1S/C14H16BrNO2/c15-12-5-2-1-4-11(12)6-7-13(18)16-14(10-17)8-3-9-14/h1-2,4-7,17H,3,8-10H2,(H,16,18)/b7-6+. The van der Waals surface area contributed by atoms with Gasteiger partial charge in [0.25, 0.3) is 0 Å². The number of carbonyl (C=O) groups is 1. The lowest BCUT2D eigenvalue weighted by atomic mass is 9.77. The van der Waals surface area contributed by atoms with E-state index in [9.17, 15) is 9.90 Å². The first-order valence-electron chi connectivity index (χ1n) is 6.01. The van der Waals surface area contributed by atoms with Crippen molar-refractivity contribution in [3.63, 3.8) is 0 Å². The normalized spacial score (nSPS) is 17.4. The number of amides is 1. The van der Waals surface area contributed by atoms with Gasteiger partial charge < -0.3 is 10.4 Å². The van der Waals surface area contributed by atoms with Crippen LogP contribution in [0.2, 0.25) is 0 Å². The number of aliphatic hydroxyl groups excluding tert-OH is 1. The predicted octanol–water partition coefficient (Wildman–Crippen LogP) is 2.49. The van der Waals surface area contributed by atoms with Crippen LogP contribution in [0, 0.1) is 0 Å². The molecule has 1 aromatic carbocycles. The molecule has 3 nitrogen and oxygen atoms in total. The Bertz CT molecular complexity index is 461. The number of carbonyl (C=O) groups excluding carboxylic acids is 1. The average molecular weight is 310 g/mol. The van der Waals surface area contributed by atoms with Crippen molar-refractivity contribution in [1.82, 2.24) is 5.32 Å². The zero-order valence-corrected chi connectivity index (χ0v) is 11.6. The first-order valence-corrected chi connectivity index (χ1v) is 6.80. The van der Waals surface area contributed by atoms with Gasteiger partial charge in [-0.15, -0.1) is 0 Å². The van der Waals surface area contributed by atoms with Crippen LogP contribution in [0.15, 0.2) is 34.8 Å². The van der Waals surface area contributed by atoms with Gasteiger partial charge >= 0.3 is 0 Å². The fraction of sp³-hybridized carbons (Fsp3) is 0.357. The summed E-state index contributed by atoms with van der Waals surface area (Å²) >= 11 is 3.42. The summed E-state index contributed by atoms with van der Waals surface area (Å²) in [6.07, 6.45) is 6.06. The molecule has 18 heavy (non-hydrogen) atoms. The summed E-state index contributed by atoms with van der Waals surface area (Å²) in [5.41, 5.74) is 0.578. The summed E-state index contributed by atoms with van der Waals surface area (Å²) in [6, 6.07) is 7.71. The molecule has 0 saturated heterocycles. The molecule has 2 N–H and O–H groups in total. The Morgan fingerprint density at radius 1 is 1.44 bits per heavy atom. The Morgan fingerprint density at radius 3 is 2.72 bits per heavy atom. The van der Waals surface area contributed by atoms with Gasteiger partial charge in [0.05, 0.1) is 12.1 Å². The van der Waals surface area contributed by atoms with Crippen molar-refractivity contribution in [2.75, 3.05) is 6.61 Å². The van der Waals surface area contributed by atoms with Gasteiger partial charge in [-0.2, -0.15) is 0 Å². The van der Waals surface area contributed by atoms with Crippen molar-refractivity contribution in [2.45, 2.75) is 24.8 Å². The van der Waals surface area contributed by atoms with Crippen LogP contribution in [0.1, 0.15) is 24.8 Å². The first-order chi connectivity index (χ1) is 8.65. The molecule has 1 aliphatic carbocycles. The lowest BCUT2D eigenvalue weighted by Crippen LogP contribution is -2.55. The van der Waals surface area contributed by atoms with E-state index >= 15 is 0 Å². The maximum absolute atomic E-state index is 11.8. The summed E-state index contributed by atoms with van der Waals surface area (Å²) in [5.74, 6) is -0.153. The van der Waals surface area contributed by atoms with E-state index in [4.69, 9.17) is 0 Å². The number of aliphatic hydroxyl groups is 1. The van der Waals surface area contributed by atoms with Gasteiger partial charge in [0.15, 0.2) is 0 Å². The van der Waals surface area contributed by atoms with Crippen molar-refractivity contribution in [1.29, 1.82) is 0 Å². The second-order valence-corrected chi connectivity index (χ2v) is 5.49. The number of hydrogen-bond acceptors (Lipinski definition) is 2. The van der Waals surface area contributed by atoms with E-state index in [1.807, 2.05) is 24.3 Å². The van der Waals surface area contributed by atoms with Crippen molar-refractivity contribution < 1.29 is 9.90 Å². The Balaban J connectivity index is 1.97. The van der Waals surface area contributed by atoms with Crippen LogP contribution in [0.5, 0.6) is 0 Å². The Labute approximate surface area is 115 Å². The number of benzene rings is 1. The minimum Gasteiger partial charge on any atom is -0.394 e. The fourth-order valence-electron chi connectivity index (χ4n) is 2.00. The topological polar surface area (TPSA) is 49.3 Å². The summed E-state index contributed by atoms with van der Waals surface area (Å²) in [4.78, 5) is 11.8. The third-order valence-electron chi connectivity index (χ3n) is 3.32. The molecule has 0 spiro atoms. The van der Waals surface area contributed by atoms with Crippen LogP contribution < -0.4 is 5.32 Å². The highest BCUT2D eigenvalue weighted by atomic mass is 79.9. The third kappa shape index (κ3) is 3.00. The van der Waals surface area contributed by atoms with Gasteiger partial charge in [-0.25, -0.2) is 0 Å². The van der Waals surface area contributed by atoms with Crippen molar-refractivity contribution in [3.8, 4) is 0 Å². The van der Waals surface area contributed by atoms with Gasteiger partial charge in [0, 0.05) is 10.5 Å². The van der Waals surface area contributed by atoms with Crippen molar-refractivity contribution in [3.05, 3.63) is 40.4 Å². The molecule has 0 radical (unpaired) electrons. The van der Waals surface area contributed by atoms with E-state index in [0.29, 0.717) is 0 Å². The maximum Gasteiger partial charge on any atom is 0.244 e. The average Bonchev–Trinajstić information content (AvgIpc) is 2.33. The Hall–Kier alpha value is -1.13. The molecule has 0 aliphatic heterocycles. The highest BCUT2D eigenvalue weighted by Crippen LogP contribution is 2.31. The third-order valence-corrected chi connectivity index (χ3v) is 4.04. The molecule has 0 heterocycles. The quantitative estimate of drug-likeness (QED) is 0.840. The molecule has 4 heteroatoms. The highest BCUT2D eigenvalue weighted by Gasteiger charge is 2.37. The minimum absolute atomic E-state index is 0.0155. The molecule has 0 aromatic heterocycles.